The fourth-order valence-electron chi connectivity index (χ4n) is 2.50. The molecule has 0 aliphatic carbocycles. The summed E-state index contributed by atoms with van der Waals surface area (Å²) in [6.45, 7) is 11.4. The Morgan fingerprint density at radius 2 is 1.33 bits per heavy atom. The molecule has 2 atom stereocenters. The van der Waals surface area contributed by atoms with Crippen LogP contribution in [0.3, 0.4) is 0 Å². The Morgan fingerprint density at radius 3 is 1.62 bits per heavy atom. The van der Waals surface area contributed by atoms with Crippen LogP contribution in [-0.4, -0.2) is 22.4 Å². The molecule has 0 heterocycles. The molecular formula is C18H28F3NO2. The zero-order chi connectivity index (χ0) is 19.1. The second kappa shape index (κ2) is 6.56. The molecule has 0 saturated heterocycles. The highest BCUT2D eigenvalue weighted by molar-refractivity contribution is 5.50. The van der Waals surface area contributed by atoms with Crippen molar-refractivity contribution in [1.29, 1.82) is 0 Å². The summed E-state index contributed by atoms with van der Waals surface area (Å²) in [5.74, 6) is 0.117. The second-order valence-corrected chi connectivity index (χ2v) is 8.36. The minimum atomic E-state index is -4.56. The van der Waals surface area contributed by atoms with Gasteiger partial charge in [0.15, 0.2) is 0 Å². The molecule has 0 aromatic heterocycles. The molecule has 1 aromatic carbocycles. The number of benzene rings is 1. The third-order valence-electron chi connectivity index (χ3n) is 4.03. The smallest absolute Gasteiger partial charge is 0.403 e. The van der Waals surface area contributed by atoms with Gasteiger partial charge in [-0.3, -0.25) is 0 Å². The van der Waals surface area contributed by atoms with Crippen molar-refractivity contribution in [1.82, 2.24) is 0 Å². The highest BCUT2D eigenvalue weighted by Crippen LogP contribution is 2.41. The SMILES string of the molecule is CC(C)(C)c1cc([C@@H](O)C[C@H](N)C(F)(F)F)cc(C(C)(C)C)c1O. The zero-order valence-corrected chi connectivity index (χ0v) is 15.1. The number of hydrogen-bond acceptors (Lipinski definition) is 3. The van der Waals surface area contributed by atoms with E-state index in [0.29, 0.717) is 16.7 Å². The normalized spacial score (nSPS) is 16.1. The minimum absolute atomic E-state index is 0.117. The highest BCUT2D eigenvalue weighted by atomic mass is 19.4. The number of phenolic OH excluding ortho intramolecular Hbond substituents is 1. The van der Waals surface area contributed by atoms with Crippen molar-refractivity contribution in [2.45, 2.75) is 77.1 Å². The Balaban J connectivity index is 3.39. The molecule has 3 nitrogen and oxygen atoms in total. The van der Waals surface area contributed by atoms with E-state index >= 15 is 0 Å². The van der Waals surface area contributed by atoms with Crippen LogP contribution >= 0.6 is 0 Å². The molecule has 0 bridgehead atoms. The number of halogens is 3. The van der Waals surface area contributed by atoms with Gasteiger partial charge in [0.1, 0.15) is 11.8 Å². The lowest BCUT2D eigenvalue weighted by atomic mass is 9.77. The average molecular weight is 347 g/mol. The molecule has 1 aromatic rings. The summed E-state index contributed by atoms with van der Waals surface area (Å²) in [4.78, 5) is 0. The van der Waals surface area contributed by atoms with E-state index < -0.39 is 35.6 Å². The Morgan fingerprint density at radius 1 is 0.958 bits per heavy atom. The van der Waals surface area contributed by atoms with Gasteiger partial charge in [0.25, 0.3) is 0 Å². The number of aromatic hydroxyl groups is 1. The van der Waals surface area contributed by atoms with Crippen LogP contribution in [0.25, 0.3) is 0 Å². The summed E-state index contributed by atoms with van der Waals surface area (Å²) in [6.07, 6.45) is -6.54. The number of rotatable bonds is 3. The van der Waals surface area contributed by atoms with Gasteiger partial charge in [0, 0.05) is 6.42 Å². The molecule has 0 aliphatic rings. The minimum Gasteiger partial charge on any atom is -0.507 e. The molecule has 24 heavy (non-hydrogen) atoms. The molecule has 0 saturated carbocycles. The molecule has 0 amide bonds. The van der Waals surface area contributed by atoms with Gasteiger partial charge in [-0.25, -0.2) is 0 Å². The lowest BCUT2D eigenvalue weighted by Crippen LogP contribution is -2.38. The van der Waals surface area contributed by atoms with Crippen molar-refractivity contribution in [3.8, 4) is 5.75 Å². The first-order chi connectivity index (χ1) is 10.5. The van der Waals surface area contributed by atoms with E-state index in [2.05, 4.69) is 0 Å². The van der Waals surface area contributed by atoms with E-state index in [-0.39, 0.29) is 5.75 Å². The van der Waals surface area contributed by atoms with Crippen LogP contribution in [-0.2, 0) is 10.8 Å². The third kappa shape index (κ3) is 4.86. The molecule has 6 heteroatoms. The number of aliphatic hydroxyl groups excluding tert-OH is 1. The van der Waals surface area contributed by atoms with Gasteiger partial charge in [-0.15, -0.1) is 0 Å². The number of phenols is 1. The lowest BCUT2D eigenvalue weighted by molar-refractivity contribution is -0.153. The molecule has 1 rings (SSSR count). The molecule has 0 radical (unpaired) electrons. The van der Waals surface area contributed by atoms with Crippen LogP contribution in [0, 0.1) is 0 Å². The second-order valence-electron chi connectivity index (χ2n) is 8.36. The summed E-state index contributed by atoms with van der Waals surface area (Å²) in [5, 5.41) is 20.9. The molecule has 138 valence electrons. The number of nitrogens with two attached hydrogens (primary N) is 1. The number of alkyl halides is 3. The fourth-order valence-corrected chi connectivity index (χ4v) is 2.50. The van der Waals surface area contributed by atoms with E-state index in [1.165, 1.54) is 0 Å². The van der Waals surface area contributed by atoms with Crippen molar-refractivity contribution in [3.05, 3.63) is 28.8 Å². The van der Waals surface area contributed by atoms with Crippen molar-refractivity contribution in [3.63, 3.8) is 0 Å². The lowest BCUT2D eigenvalue weighted by Gasteiger charge is -2.29. The summed E-state index contributed by atoms with van der Waals surface area (Å²) in [5.41, 5.74) is 5.79. The predicted molar refractivity (Wildman–Crippen MR) is 89.1 cm³/mol. The maximum Gasteiger partial charge on any atom is 0.403 e. The number of hydrogen-bond donors (Lipinski definition) is 3. The topological polar surface area (TPSA) is 66.5 Å². The van der Waals surface area contributed by atoms with E-state index in [9.17, 15) is 23.4 Å². The van der Waals surface area contributed by atoms with Crippen molar-refractivity contribution in [2.75, 3.05) is 0 Å². The molecule has 0 fully saturated rings. The molecule has 4 N–H and O–H groups in total. The highest BCUT2D eigenvalue weighted by Gasteiger charge is 2.38. The standard InChI is InChI=1S/C18H28F3NO2/c1-16(2,3)11-7-10(8-12(15(11)24)17(4,5)6)13(23)9-14(22)18(19,20)21/h7-8,13-14,23-24H,9,22H2,1-6H3/t13-,14-/m0/s1. The van der Waals surface area contributed by atoms with Crippen LogP contribution in [0.15, 0.2) is 12.1 Å². The van der Waals surface area contributed by atoms with E-state index in [4.69, 9.17) is 5.73 Å². The van der Waals surface area contributed by atoms with E-state index in [0.717, 1.165) is 0 Å². The Labute approximate surface area is 141 Å². The Hall–Kier alpha value is -1.27. The first kappa shape index (κ1) is 20.8. The van der Waals surface area contributed by atoms with Crippen LogP contribution in [0.4, 0.5) is 13.2 Å². The molecular weight excluding hydrogens is 319 g/mol. The fraction of sp³-hybridized carbons (Fsp3) is 0.667. The summed E-state index contributed by atoms with van der Waals surface area (Å²) in [7, 11) is 0. The Kier molecular flexibility index (Phi) is 5.68. The third-order valence-corrected chi connectivity index (χ3v) is 4.03. The van der Waals surface area contributed by atoms with Gasteiger partial charge in [-0.05, 0) is 39.7 Å². The van der Waals surface area contributed by atoms with Crippen molar-refractivity contribution >= 4 is 0 Å². The summed E-state index contributed by atoms with van der Waals surface area (Å²) in [6, 6.07) is 1.04. The first-order valence-corrected chi connectivity index (χ1v) is 7.93. The van der Waals surface area contributed by atoms with Crippen LogP contribution < -0.4 is 5.73 Å². The Bertz CT molecular complexity index is 548. The average Bonchev–Trinajstić information content (AvgIpc) is 2.34. The van der Waals surface area contributed by atoms with Crippen molar-refractivity contribution in [2.24, 2.45) is 5.73 Å². The van der Waals surface area contributed by atoms with Crippen LogP contribution in [0.2, 0.25) is 0 Å². The van der Waals surface area contributed by atoms with Crippen LogP contribution in [0.5, 0.6) is 5.75 Å². The monoisotopic (exact) mass is 347 g/mol. The maximum absolute atomic E-state index is 12.7. The van der Waals surface area contributed by atoms with E-state index in [1.54, 1.807) is 12.1 Å². The van der Waals surface area contributed by atoms with Gasteiger partial charge in [-0.1, -0.05) is 41.5 Å². The summed E-state index contributed by atoms with van der Waals surface area (Å²) >= 11 is 0. The van der Waals surface area contributed by atoms with Gasteiger partial charge in [0.2, 0.25) is 0 Å². The maximum atomic E-state index is 12.7. The first-order valence-electron chi connectivity index (χ1n) is 7.93. The largest absolute Gasteiger partial charge is 0.507 e. The molecule has 0 spiro atoms. The molecule has 0 aliphatic heterocycles. The van der Waals surface area contributed by atoms with Gasteiger partial charge in [0.05, 0.1) is 6.10 Å². The molecule has 0 unspecified atom stereocenters. The van der Waals surface area contributed by atoms with Gasteiger partial charge >= 0.3 is 6.18 Å². The van der Waals surface area contributed by atoms with Gasteiger partial charge < -0.3 is 15.9 Å². The zero-order valence-electron chi connectivity index (χ0n) is 15.1. The van der Waals surface area contributed by atoms with Crippen LogP contribution in [0.1, 0.15) is 70.8 Å². The van der Waals surface area contributed by atoms with Gasteiger partial charge in [-0.2, -0.15) is 13.2 Å². The number of aliphatic hydroxyl groups is 1. The summed E-state index contributed by atoms with van der Waals surface area (Å²) < 4.78 is 38.0. The van der Waals surface area contributed by atoms with E-state index in [1.807, 2.05) is 41.5 Å². The quantitative estimate of drug-likeness (QED) is 0.764. The van der Waals surface area contributed by atoms with Crippen molar-refractivity contribution < 1.29 is 23.4 Å². The predicted octanol–water partition coefficient (Wildman–Crippen LogP) is 4.30.